The lowest BCUT2D eigenvalue weighted by Crippen LogP contribution is -2.00. The quantitative estimate of drug-likeness (QED) is 0.875. The van der Waals surface area contributed by atoms with Crippen LogP contribution in [0.2, 0.25) is 5.02 Å². The Morgan fingerprint density at radius 1 is 1.20 bits per heavy atom. The molecule has 2 rings (SSSR count). The summed E-state index contributed by atoms with van der Waals surface area (Å²) in [6.07, 6.45) is 0. The zero-order valence-electron chi connectivity index (χ0n) is 11.0. The van der Waals surface area contributed by atoms with Gasteiger partial charge in [0.25, 0.3) is 0 Å². The highest BCUT2D eigenvalue weighted by Crippen LogP contribution is 2.28. The van der Waals surface area contributed by atoms with Crippen LogP contribution in [0.25, 0.3) is 0 Å². The highest BCUT2D eigenvalue weighted by molar-refractivity contribution is 9.10. The largest absolute Gasteiger partial charge is 0.497 e. The van der Waals surface area contributed by atoms with Gasteiger partial charge in [-0.3, -0.25) is 0 Å². The van der Waals surface area contributed by atoms with Gasteiger partial charge in [-0.05, 0) is 35.9 Å². The maximum Gasteiger partial charge on any atom is 0.138 e. The SMILES string of the molecule is COc1ccc(Br)c(COc2ccc(CN)cc2Cl)c1. The van der Waals surface area contributed by atoms with Crippen LogP contribution in [-0.4, -0.2) is 7.11 Å². The second-order valence-corrected chi connectivity index (χ2v) is 5.48. The van der Waals surface area contributed by atoms with Gasteiger partial charge in [0.1, 0.15) is 18.1 Å². The first kappa shape index (κ1) is 15.2. The summed E-state index contributed by atoms with van der Waals surface area (Å²) in [6.45, 7) is 0.862. The Morgan fingerprint density at radius 2 is 2.00 bits per heavy atom. The molecule has 5 heteroatoms. The number of halogens is 2. The number of benzene rings is 2. The van der Waals surface area contributed by atoms with Gasteiger partial charge in [-0.1, -0.05) is 33.6 Å². The summed E-state index contributed by atoms with van der Waals surface area (Å²) >= 11 is 9.65. The minimum Gasteiger partial charge on any atom is -0.497 e. The molecule has 0 heterocycles. The number of hydrogen-bond acceptors (Lipinski definition) is 3. The number of ether oxygens (including phenoxy) is 2. The van der Waals surface area contributed by atoms with E-state index < -0.39 is 0 Å². The van der Waals surface area contributed by atoms with E-state index in [9.17, 15) is 0 Å². The molecule has 3 nitrogen and oxygen atoms in total. The Balaban J connectivity index is 2.12. The molecule has 0 aliphatic carbocycles. The summed E-state index contributed by atoms with van der Waals surface area (Å²) in [7, 11) is 1.64. The maximum absolute atomic E-state index is 6.16. The Morgan fingerprint density at radius 3 is 2.65 bits per heavy atom. The van der Waals surface area contributed by atoms with Crippen molar-refractivity contribution in [2.75, 3.05) is 7.11 Å². The fraction of sp³-hybridized carbons (Fsp3) is 0.200. The van der Waals surface area contributed by atoms with Crippen LogP contribution in [0.3, 0.4) is 0 Å². The van der Waals surface area contributed by atoms with Crippen molar-refractivity contribution in [1.29, 1.82) is 0 Å². The fourth-order valence-corrected chi connectivity index (χ4v) is 2.35. The highest BCUT2D eigenvalue weighted by Gasteiger charge is 2.06. The summed E-state index contributed by atoms with van der Waals surface area (Å²) in [5, 5.41) is 0.562. The highest BCUT2D eigenvalue weighted by atomic mass is 79.9. The standard InChI is InChI=1S/C15H15BrClNO2/c1-19-12-3-4-13(16)11(7-12)9-20-15-5-2-10(8-18)6-14(15)17/h2-7H,8-9,18H2,1H3. The Bertz CT molecular complexity index is 604. The molecular formula is C15H15BrClNO2. The Hall–Kier alpha value is -1.23. The van der Waals surface area contributed by atoms with E-state index in [0.29, 0.717) is 23.9 Å². The normalized spacial score (nSPS) is 10.4. The molecule has 20 heavy (non-hydrogen) atoms. The first-order chi connectivity index (χ1) is 9.63. The minimum atomic E-state index is 0.402. The molecule has 0 saturated carbocycles. The summed E-state index contributed by atoms with van der Waals surface area (Å²) < 4.78 is 11.9. The molecular weight excluding hydrogens is 342 g/mol. The molecule has 0 spiro atoms. The van der Waals surface area contributed by atoms with Crippen molar-refractivity contribution >= 4 is 27.5 Å². The number of hydrogen-bond donors (Lipinski definition) is 1. The van der Waals surface area contributed by atoms with Gasteiger partial charge in [-0.15, -0.1) is 0 Å². The summed E-state index contributed by atoms with van der Waals surface area (Å²) in [6, 6.07) is 11.3. The topological polar surface area (TPSA) is 44.5 Å². The van der Waals surface area contributed by atoms with Crippen LogP contribution in [0.5, 0.6) is 11.5 Å². The number of rotatable bonds is 5. The third-order valence-electron chi connectivity index (χ3n) is 2.87. The second-order valence-electron chi connectivity index (χ2n) is 4.21. The number of methoxy groups -OCH3 is 1. The van der Waals surface area contributed by atoms with Crippen LogP contribution in [0.1, 0.15) is 11.1 Å². The molecule has 0 aliphatic rings. The molecule has 2 N–H and O–H groups in total. The van der Waals surface area contributed by atoms with Crippen LogP contribution in [-0.2, 0) is 13.2 Å². The van der Waals surface area contributed by atoms with Crippen molar-refractivity contribution in [2.45, 2.75) is 13.2 Å². The van der Waals surface area contributed by atoms with Crippen LogP contribution in [0.15, 0.2) is 40.9 Å². The molecule has 2 aromatic carbocycles. The van der Waals surface area contributed by atoms with Crippen molar-refractivity contribution in [1.82, 2.24) is 0 Å². The first-order valence-corrected chi connectivity index (χ1v) is 7.25. The van der Waals surface area contributed by atoms with E-state index in [2.05, 4.69) is 15.9 Å². The van der Waals surface area contributed by atoms with Crippen LogP contribution < -0.4 is 15.2 Å². The summed E-state index contributed by atoms with van der Waals surface area (Å²) in [5.41, 5.74) is 7.53. The van der Waals surface area contributed by atoms with Gasteiger partial charge in [0.2, 0.25) is 0 Å². The van der Waals surface area contributed by atoms with Crippen LogP contribution >= 0.6 is 27.5 Å². The van der Waals surface area contributed by atoms with E-state index in [0.717, 1.165) is 21.3 Å². The molecule has 0 amide bonds. The van der Waals surface area contributed by atoms with Gasteiger partial charge in [0, 0.05) is 16.6 Å². The van der Waals surface area contributed by atoms with Crippen LogP contribution in [0, 0.1) is 0 Å². The van der Waals surface area contributed by atoms with Crippen LogP contribution in [0.4, 0.5) is 0 Å². The molecule has 0 unspecified atom stereocenters. The Kier molecular flexibility index (Phi) is 5.29. The zero-order chi connectivity index (χ0) is 14.5. The van der Waals surface area contributed by atoms with Crippen molar-refractivity contribution in [3.63, 3.8) is 0 Å². The van der Waals surface area contributed by atoms with E-state index in [-0.39, 0.29) is 0 Å². The smallest absolute Gasteiger partial charge is 0.138 e. The van der Waals surface area contributed by atoms with Gasteiger partial charge in [0.15, 0.2) is 0 Å². The summed E-state index contributed by atoms with van der Waals surface area (Å²) in [5.74, 6) is 1.43. The van der Waals surface area contributed by atoms with Crippen molar-refractivity contribution in [3.8, 4) is 11.5 Å². The molecule has 0 fully saturated rings. The van der Waals surface area contributed by atoms with Crippen molar-refractivity contribution in [2.24, 2.45) is 5.73 Å². The van der Waals surface area contributed by atoms with Gasteiger partial charge >= 0.3 is 0 Å². The van der Waals surface area contributed by atoms with E-state index in [1.165, 1.54) is 0 Å². The molecule has 0 bridgehead atoms. The molecule has 0 saturated heterocycles. The average Bonchev–Trinajstić information content (AvgIpc) is 2.47. The third-order valence-corrected chi connectivity index (χ3v) is 3.94. The van der Waals surface area contributed by atoms with Gasteiger partial charge in [-0.25, -0.2) is 0 Å². The van der Waals surface area contributed by atoms with E-state index >= 15 is 0 Å². The fourth-order valence-electron chi connectivity index (χ4n) is 1.73. The first-order valence-electron chi connectivity index (χ1n) is 6.07. The van der Waals surface area contributed by atoms with Crippen molar-refractivity contribution < 1.29 is 9.47 Å². The summed E-state index contributed by atoms with van der Waals surface area (Å²) in [4.78, 5) is 0. The number of nitrogens with two attached hydrogens (primary N) is 1. The zero-order valence-corrected chi connectivity index (χ0v) is 13.4. The average molecular weight is 357 g/mol. The lowest BCUT2D eigenvalue weighted by atomic mass is 10.2. The molecule has 0 radical (unpaired) electrons. The van der Waals surface area contributed by atoms with E-state index in [4.69, 9.17) is 26.8 Å². The van der Waals surface area contributed by atoms with E-state index in [1.54, 1.807) is 7.11 Å². The molecule has 0 atom stereocenters. The van der Waals surface area contributed by atoms with Gasteiger partial charge < -0.3 is 15.2 Å². The predicted molar refractivity (Wildman–Crippen MR) is 84.4 cm³/mol. The van der Waals surface area contributed by atoms with Gasteiger partial charge in [0.05, 0.1) is 12.1 Å². The van der Waals surface area contributed by atoms with E-state index in [1.807, 2.05) is 36.4 Å². The monoisotopic (exact) mass is 355 g/mol. The second kappa shape index (κ2) is 6.97. The Labute approximate surface area is 131 Å². The van der Waals surface area contributed by atoms with Gasteiger partial charge in [-0.2, -0.15) is 0 Å². The lowest BCUT2D eigenvalue weighted by Gasteiger charge is -2.11. The van der Waals surface area contributed by atoms with Crippen molar-refractivity contribution in [3.05, 3.63) is 57.0 Å². The molecule has 2 aromatic rings. The molecule has 0 aliphatic heterocycles. The minimum absolute atomic E-state index is 0.402. The third kappa shape index (κ3) is 3.66. The predicted octanol–water partition coefficient (Wildman–Crippen LogP) is 4.15. The lowest BCUT2D eigenvalue weighted by molar-refractivity contribution is 0.304. The maximum atomic E-state index is 6.16. The molecule has 106 valence electrons. The molecule has 0 aromatic heterocycles.